The summed E-state index contributed by atoms with van der Waals surface area (Å²) in [5.41, 5.74) is 2.60. The van der Waals surface area contributed by atoms with E-state index in [1.54, 1.807) is 10.4 Å². The lowest BCUT2D eigenvalue weighted by atomic mass is 9.94. The SMILES string of the molecule is CC1(C)C(CNC2CCCc3sccc32)C1(C)C. The second-order valence-electron chi connectivity index (χ2n) is 7.15. The lowest BCUT2D eigenvalue weighted by Crippen LogP contribution is -2.27. The average molecular weight is 263 g/mol. The van der Waals surface area contributed by atoms with Crippen LogP contribution in [0.2, 0.25) is 0 Å². The molecule has 1 nitrogen and oxygen atoms in total. The Morgan fingerprint density at radius 3 is 2.67 bits per heavy atom. The highest BCUT2D eigenvalue weighted by atomic mass is 32.1. The number of fused-ring (bicyclic) bond motifs is 1. The summed E-state index contributed by atoms with van der Waals surface area (Å²) in [6.07, 6.45) is 3.96. The zero-order valence-electron chi connectivity index (χ0n) is 12.0. The van der Waals surface area contributed by atoms with Crippen LogP contribution >= 0.6 is 11.3 Å². The maximum atomic E-state index is 3.84. The van der Waals surface area contributed by atoms with Gasteiger partial charge < -0.3 is 5.32 Å². The van der Waals surface area contributed by atoms with Crippen molar-refractivity contribution in [2.24, 2.45) is 16.7 Å². The molecular formula is C16H25NS. The molecule has 2 aliphatic carbocycles. The van der Waals surface area contributed by atoms with Gasteiger partial charge in [-0.2, -0.15) is 0 Å². The summed E-state index contributed by atoms with van der Waals surface area (Å²) in [6.45, 7) is 10.8. The van der Waals surface area contributed by atoms with Crippen molar-refractivity contribution < 1.29 is 0 Å². The van der Waals surface area contributed by atoms with E-state index in [1.807, 2.05) is 11.3 Å². The lowest BCUT2D eigenvalue weighted by molar-refractivity contribution is 0.428. The third-order valence-corrected chi connectivity index (χ3v) is 6.94. The largest absolute Gasteiger partial charge is 0.310 e. The Kier molecular flexibility index (Phi) is 2.87. The molecule has 0 aromatic carbocycles. The van der Waals surface area contributed by atoms with Crippen molar-refractivity contribution in [3.63, 3.8) is 0 Å². The molecule has 1 heterocycles. The first-order valence-corrected chi connectivity index (χ1v) is 8.12. The van der Waals surface area contributed by atoms with Crippen LogP contribution < -0.4 is 5.32 Å². The van der Waals surface area contributed by atoms with E-state index in [-0.39, 0.29) is 0 Å². The Hall–Kier alpha value is -0.340. The second-order valence-corrected chi connectivity index (χ2v) is 8.15. The Morgan fingerprint density at radius 2 is 2.00 bits per heavy atom. The highest BCUT2D eigenvalue weighted by Gasteiger charge is 2.63. The molecule has 1 atom stereocenters. The molecule has 100 valence electrons. The Morgan fingerprint density at radius 1 is 1.28 bits per heavy atom. The first kappa shape index (κ1) is 12.7. The summed E-state index contributed by atoms with van der Waals surface area (Å²) in [4.78, 5) is 1.62. The summed E-state index contributed by atoms with van der Waals surface area (Å²) in [5.74, 6) is 0.828. The van der Waals surface area contributed by atoms with Crippen molar-refractivity contribution in [2.75, 3.05) is 6.54 Å². The van der Waals surface area contributed by atoms with E-state index in [1.165, 1.54) is 25.8 Å². The lowest BCUT2D eigenvalue weighted by Gasteiger charge is -2.24. The summed E-state index contributed by atoms with van der Waals surface area (Å²) in [5, 5.41) is 6.10. The zero-order valence-corrected chi connectivity index (χ0v) is 12.9. The molecule has 0 amide bonds. The van der Waals surface area contributed by atoms with Gasteiger partial charge >= 0.3 is 0 Å². The highest BCUT2D eigenvalue weighted by Crippen LogP contribution is 2.68. The van der Waals surface area contributed by atoms with Crippen LogP contribution in [0.1, 0.15) is 57.0 Å². The van der Waals surface area contributed by atoms with Crippen LogP contribution in [0.15, 0.2) is 11.4 Å². The first-order chi connectivity index (χ1) is 8.44. The summed E-state index contributed by atoms with van der Waals surface area (Å²) in [7, 11) is 0. The predicted molar refractivity (Wildman–Crippen MR) is 79.1 cm³/mol. The summed E-state index contributed by atoms with van der Waals surface area (Å²) in [6, 6.07) is 2.95. The molecule has 1 aromatic heterocycles. The second kappa shape index (κ2) is 4.08. The van der Waals surface area contributed by atoms with Gasteiger partial charge in [-0.1, -0.05) is 27.7 Å². The van der Waals surface area contributed by atoms with Gasteiger partial charge in [0.05, 0.1) is 0 Å². The summed E-state index contributed by atoms with van der Waals surface area (Å²) < 4.78 is 0. The van der Waals surface area contributed by atoms with Crippen LogP contribution in [0, 0.1) is 16.7 Å². The number of aryl methyl sites for hydroxylation is 1. The molecule has 3 rings (SSSR count). The number of hydrogen-bond acceptors (Lipinski definition) is 2. The van der Waals surface area contributed by atoms with E-state index in [0.29, 0.717) is 16.9 Å². The van der Waals surface area contributed by atoms with Crippen LogP contribution in [0.5, 0.6) is 0 Å². The molecule has 0 aliphatic heterocycles. The van der Waals surface area contributed by atoms with E-state index in [0.717, 1.165) is 5.92 Å². The van der Waals surface area contributed by atoms with Crippen LogP contribution in [-0.4, -0.2) is 6.54 Å². The Bertz CT molecular complexity index is 430. The fourth-order valence-electron chi connectivity index (χ4n) is 3.80. The van der Waals surface area contributed by atoms with Gasteiger partial charge in [0.25, 0.3) is 0 Å². The van der Waals surface area contributed by atoms with Crippen LogP contribution in [0.3, 0.4) is 0 Å². The highest BCUT2D eigenvalue weighted by molar-refractivity contribution is 7.10. The van der Waals surface area contributed by atoms with Gasteiger partial charge in [-0.05, 0) is 59.6 Å². The number of hydrogen-bond donors (Lipinski definition) is 1. The Balaban J connectivity index is 1.64. The number of rotatable bonds is 3. The quantitative estimate of drug-likeness (QED) is 0.852. The summed E-state index contributed by atoms with van der Waals surface area (Å²) >= 11 is 1.94. The zero-order chi connectivity index (χ0) is 13.0. The number of thiophene rings is 1. The maximum absolute atomic E-state index is 3.84. The van der Waals surface area contributed by atoms with Gasteiger partial charge in [0.1, 0.15) is 0 Å². The molecule has 0 saturated heterocycles. The fraction of sp³-hybridized carbons (Fsp3) is 0.750. The fourth-order valence-corrected chi connectivity index (χ4v) is 4.79. The molecule has 1 aromatic rings. The van der Waals surface area contributed by atoms with Gasteiger partial charge in [-0.15, -0.1) is 11.3 Å². The normalized spacial score (nSPS) is 29.0. The minimum Gasteiger partial charge on any atom is -0.310 e. The number of nitrogens with one attached hydrogen (secondary N) is 1. The topological polar surface area (TPSA) is 12.0 Å². The van der Waals surface area contributed by atoms with Gasteiger partial charge in [-0.25, -0.2) is 0 Å². The third-order valence-electron chi connectivity index (χ3n) is 5.94. The van der Waals surface area contributed by atoms with E-state index >= 15 is 0 Å². The Labute approximate surface area is 115 Å². The average Bonchev–Trinajstić information content (AvgIpc) is 2.71. The van der Waals surface area contributed by atoms with Crippen LogP contribution in [-0.2, 0) is 6.42 Å². The van der Waals surface area contributed by atoms with Gasteiger partial charge in [0.2, 0.25) is 0 Å². The molecule has 18 heavy (non-hydrogen) atoms. The van der Waals surface area contributed by atoms with Crippen LogP contribution in [0.4, 0.5) is 0 Å². The minimum atomic E-state index is 0.506. The van der Waals surface area contributed by atoms with E-state index in [4.69, 9.17) is 0 Å². The molecule has 1 unspecified atom stereocenters. The van der Waals surface area contributed by atoms with Crippen molar-refractivity contribution in [2.45, 2.75) is 53.0 Å². The molecule has 1 fully saturated rings. The molecule has 1 N–H and O–H groups in total. The van der Waals surface area contributed by atoms with Crippen molar-refractivity contribution in [3.8, 4) is 0 Å². The van der Waals surface area contributed by atoms with Crippen molar-refractivity contribution in [1.82, 2.24) is 5.32 Å². The van der Waals surface area contributed by atoms with E-state index in [9.17, 15) is 0 Å². The maximum Gasteiger partial charge on any atom is 0.0331 e. The molecule has 0 spiro atoms. The van der Waals surface area contributed by atoms with Gasteiger partial charge in [0, 0.05) is 10.9 Å². The molecule has 0 bridgehead atoms. The smallest absolute Gasteiger partial charge is 0.0331 e. The van der Waals surface area contributed by atoms with Crippen LogP contribution in [0.25, 0.3) is 0 Å². The van der Waals surface area contributed by atoms with Crippen molar-refractivity contribution in [1.29, 1.82) is 0 Å². The van der Waals surface area contributed by atoms with Gasteiger partial charge in [-0.3, -0.25) is 0 Å². The minimum absolute atomic E-state index is 0.506. The van der Waals surface area contributed by atoms with Crippen molar-refractivity contribution in [3.05, 3.63) is 21.9 Å². The standard InChI is InChI=1S/C16H25NS/c1-15(2)14(16(15,3)4)10-17-12-6-5-7-13-11(12)8-9-18-13/h8-9,12,14,17H,5-7,10H2,1-4H3. The van der Waals surface area contributed by atoms with Crippen molar-refractivity contribution >= 4 is 11.3 Å². The molecular weight excluding hydrogens is 238 g/mol. The molecule has 2 aliphatic rings. The predicted octanol–water partition coefficient (Wildman–Crippen LogP) is 4.40. The monoisotopic (exact) mass is 263 g/mol. The van der Waals surface area contributed by atoms with E-state index in [2.05, 4.69) is 44.5 Å². The van der Waals surface area contributed by atoms with E-state index < -0.39 is 0 Å². The molecule has 1 saturated carbocycles. The molecule has 2 heteroatoms. The third kappa shape index (κ3) is 1.77. The first-order valence-electron chi connectivity index (χ1n) is 7.24. The van der Waals surface area contributed by atoms with Gasteiger partial charge in [0.15, 0.2) is 0 Å². The molecule has 0 radical (unpaired) electrons.